The van der Waals surface area contributed by atoms with Crippen LogP contribution in [0.2, 0.25) is 0 Å². The summed E-state index contributed by atoms with van der Waals surface area (Å²) in [6, 6.07) is 5.60. The molecular weight excluding hydrogens is 234 g/mol. The fraction of sp³-hybridized carbons (Fsp3) is 0.231. The van der Waals surface area contributed by atoms with Crippen molar-refractivity contribution in [1.29, 1.82) is 0 Å². The van der Waals surface area contributed by atoms with Crippen molar-refractivity contribution in [3.05, 3.63) is 41.0 Å². The molecule has 18 heavy (non-hydrogen) atoms. The molecule has 0 spiro atoms. The summed E-state index contributed by atoms with van der Waals surface area (Å²) in [5.74, 6) is -1.02. The van der Waals surface area contributed by atoms with E-state index in [0.717, 1.165) is 22.8 Å². The Balaban J connectivity index is 2.34. The molecule has 0 saturated heterocycles. The maximum Gasteiger partial charge on any atom is 0.407 e. The van der Waals surface area contributed by atoms with Crippen LogP contribution in [0.25, 0.3) is 6.08 Å². The number of benzene rings is 1. The lowest BCUT2D eigenvalue weighted by Gasteiger charge is -2.27. The Morgan fingerprint density at radius 1 is 1.28 bits per heavy atom. The summed E-state index contributed by atoms with van der Waals surface area (Å²) < 4.78 is 0. The Morgan fingerprint density at radius 3 is 2.72 bits per heavy atom. The fourth-order valence-corrected chi connectivity index (χ4v) is 2.09. The molecule has 0 radical (unpaired) electrons. The molecule has 0 bridgehead atoms. The summed E-state index contributed by atoms with van der Waals surface area (Å²) in [7, 11) is 0. The Hall–Kier alpha value is -2.30. The van der Waals surface area contributed by atoms with E-state index in [1.165, 1.54) is 11.0 Å². The van der Waals surface area contributed by atoms with Gasteiger partial charge in [-0.1, -0.05) is 18.2 Å². The lowest BCUT2D eigenvalue weighted by molar-refractivity contribution is -0.131. The van der Waals surface area contributed by atoms with Crippen LogP contribution in [0, 0.1) is 0 Å². The van der Waals surface area contributed by atoms with Gasteiger partial charge < -0.3 is 15.1 Å². The Bertz CT molecular complexity index is 522. The molecule has 1 aromatic rings. The summed E-state index contributed by atoms with van der Waals surface area (Å²) in [6.45, 7) is 0.791. The van der Waals surface area contributed by atoms with E-state index in [0.29, 0.717) is 19.5 Å². The zero-order chi connectivity index (χ0) is 13.1. The van der Waals surface area contributed by atoms with Crippen molar-refractivity contribution in [2.24, 2.45) is 0 Å². The maximum absolute atomic E-state index is 11.0. The van der Waals surface area contributed by atoms with Gasteiger partial charge in [0.15, 0.2) is 0 Å². The normalized spacial score (nSPS) is 14.6. The monoisotopic (exact) mass is 247 g/mol. The first-order valence-corrected chi connectivity index (χ1v) is 5.57. The van der Waals surface area contributed by atoms with Crippen molar-refractivity contribution < 1.29 is 19.8 Å². The predicted octanol–water partition coefficient (Wildman–Crippen LogP) is 1.82. The van der Waals surface area contributed by atoms with Crippen LogP contribution >= 0.6 is 0 Å². The van der Waals surface area contributed by atoms with E-state index >= 15 is 0 Å². The first kappa shape index (κ1) is 12.2. The van der Waals surface area contributed by atoms with Gasteiger partial charge in [0.1, 0.15) is 0 Å². The second-order valence-corrected chi connectivity index (χ2v) is 4.11. The molecule has 1 heterocycles. The number of carboxylic acids is 1. The molecule has 1 aromatic carbocycles. The molecule has 0 aliphatic carbocycles. The SMILES string of the molecule is O=C(O)/C=C/c1cccc2c1CN(C(=O)O)CC2. The van der Waals surface area contributed by atoms with Gasteiger partial charge in [0.25, 0.3) is 0 Å². The van der Waals surface area contributed by atoms with Crippen molar-refractivity contribution in [3.8, 4) is 0 Å². The minimum Gasteiger partial charge on any atom is -0.478 e. The summed E-state index contributed by atoms with van der Waals surface area (Å²) in [4.78, 5) is 22.8. The van der Waals surface area contributed by atoms with E-state index in [1.807, 2.05) is 12.1 Å². The topological polar surface area (TPSA) is 77.8 Å². The molecule has 0 saturated carbocycles. The van der Waals surface area contributed by atoms with E-state index in [9.17, 15) is 9.59 Å². The molecule has 0 aromatic heterocycles. The Morgan fingerprint density at radius 2 is 2.06 bits per heavy atom. The van der Waals surface area contributed by atoms with Gasteiger partial charge in [-0.05, 0) is 29.2 Å². The molecule has 1 amide bonds. The second kappa shape index (κ2) is 4.91. The van der Waals surface area contributed by atoms with Gasteiger partial charge in [0, 0.05) is 19.2 Å². The lowest BCUT2D eigenvalue weighted by Crippen LogP contribution is -2.35. The highest BCUT2D eigenvalue weighted by molar-refractivity contribution is 5.85. The molecule has 0 unspecified atom stereocenters. The first-order chi connectivity index (χ1) is 8.58. The van der Waals surface area contributed by atoms with E-state index in [-0.39, 0.29) is 0 Å². The molecule has 5 nitrogen and oxygen atoms in total. The van der Waals surface area contributed by atoms with Crippen LogP contribution in [0.3, 0.4) is 0 Å². The third kappa shape index (κ3) is 2.51. The van der Waals surface area contributed by atoms with Crippen LogP contribution in [0.5, 0.6) is 0 Å². The molecule has 2 rings (SSSR count). The van der Waals surface area contributed by atoms with Crippen LogP contribution in [0.4, 0.5) is 4.79 Å². The highest BCUT2D eigenvalue weighted by Gasteiger charge is 2.21. The van der Waals surface area contributed by atoms with Gasteiger partial charge in [-0.2, -0.15) is 0 Å². The quantitative estimate of drug-likeness (QED) is 0.781. The van der Waals surface area contributed by atoms with Crippen LogP contribution in [-0.2, 0) is 17.8 Å². The first-order valence-electron chi connectivity index (χ1n) is 5.57. The summed E-state index contributed by atoms with van der Waals surface area (Å²) in [5, 5.41) is 17.6. The number of aliphatic carboxylic acids is 1. The smallest absolute Gasteiger partial charge is 0.407 e. The Labute approximate surface area is 104 Å². The zero-order valence-corrected chi connectivity index (χ0v) is 9.67. The molecule has 1 aliphatic rings. The van der Waals surface area contributed by atoms with E-state index in [4.69, 9.17) is 10.2 Å². The molecule has 5 heteroatoms. The molecule has 0 atom stereocenters. The van der Waals surface area contributed by atoms with Crippen molar-refractivity contribution in [2.75, 3.05) is 6.54 Å². The van der Waals surface area contributed by atoms with Crippen molar-refractivity contribution in [1.82, 2.24) is 4.90 Å². The van der Waals surface area contributed by atoms with Crippen LogP contribution in [-0.4, -0.2) is 33.7 Å². The number of carboxylic acid groups (broad SMARTS) is 2. The average Bonchev–Trinajstić information content (AvgIpc) is 2.35. The average molecular weight is 247 g/mol. The highest BCUT2D eigenvalue weighted by atomic mass is 16.4. The van der Waals surface area contributed by atoms with Gasteiger partial charge in [-0.3, -0.25) is 0 Å². The maximum atomic E-state index is 11.0. The van der Waals surface area contributed by atoms with E-state index in [1.54, 1.807) is 6.07 Å². The number of carbonyl (C=O) groups is 2. The number of nitrogens with zero attached hydrogens (tertiary/aromatic N) is 1. The lowest BCUT2D eigenvalue weighted by atomic mass is 9.95. The molecule has 94 valence electrons. The van der Waals surface area contributed by atoms with Gasteiger partial charge >= 0.3 is 12.1 Å². The zero-order valence-electron chi connectivity index (χ0n) is 9.67. The molecule has 0 fully saturated rings. The third-order valence-electron chi connectivity index (χ3n) is 2.99. The predicted molar refractivity (Wildman–Crippen MR) is 65.3 cm³/mol. The highest BCUT2D eigenvalue weighted by Crippen LogP contribution is 2.23. The summed E-state index contributed by atoms with van der Waals surface area (Å²) in [5.41, 5.74) is 2.74. The number of hydrogen-bond donors (Lipinski definition) is 2. The van der Waals surface area contributed by atoms with Crippen LogP contribution in [0.15, 0.2) is 24.3 Å². The third-order valence-corrected chi connectivity index (χ3v) is 2.99. The number of hydrogen-bond acceptors (Lipinski definition) is 2. The van der Waals surface area contributed by atoms with Crippen LogP contribution < -0.4 is 0 Å². The van der Waals surface area contributed by atoms with Crippen molar-refractivity contribution in [2.45, 2.75) is 13.0 Å². The minimum atomic E-state index is -1.02. The van der Waals surface area contributed by atoms with E-state index < -0.39 is 12.1 Å². The van der Waals surface area contributed by atoms with Crippen molar-refractivity contribution in [3.63, 3.8) is 0 Å². The fourth-order valence-electron chi connectivity index (χ4n) is 2.09. The van der Waals surface area contributed by atoms with Gasteiger partial charge in [-0.25, -0.2) is 9.59 Å². The van der Waals surface area contributed by atoms with Gasteiger partial charge in [0.2, 0.25) is 0 Å². The number of amides is 1. The van der Waals surface area contributed by atoms with E-state index in [2.05, 4.69) is 0 Å². The second-order valence-electron chi connectivity index (χ2n) is 4.11. The van der Waals surface area contributed by atoms with Crippen LogP contribution in [0.1, 0.15) is 16.7 Å². The number of rotatable bonds is 2. The summed E-state index contributed by atoms with van der Waals surface area (Å²) in [6.07, 6.45) is 2.29. The molecule has 1 aliphatic heterocycles. The van der Waals surface area contributed by atoms with Gasteiger partial charge in [-0.15, -0.1) is 0 Å². The largest absolute Gasteiger partial charge is 0.478 e. The minimum absolute atomic E-state index is 0.310. The summed E-state index contributed by atoms with van der Waals surface area (Å²) >= 11 is 0. The molecule has 2 N–H and O–H groups in total. The van der Waals surface area contributed by atoms with Crippen molar-refractivity contribution >= 4 is 18.1 Å². The molecular formula is C13H13NO4. The van der Waals surface area contributed by atoms with Gasteiger partial charge in [0.05, 0.1) is 0 Å². The number of fused-ring (bicyclic) bond motifs is 1. The standard InChI is InChI=1S/C13H13NO4/c15-12(16)5-4-9-2-1-3-10-6-7-14(13(17)18)8-11(9)10/h1-5H,6-8H2,(H,15,16)(H,17,18)/b5-4+. The Kier molecular flexibility index (Phi) is 3.32.